The number of aryl methyl sites for hydroxylation is 1. The number of carboxylic acids is 1. The van der Waals surface area contributed by atoms with Crippen LogP contribution < -0.4 is 0 Å². The maximum Gasteiger partial charge on any atom is 0.335 e. The van der Waals surface area contributed by atoms with Crippen LogP contribution in [0.4, 0.5) is 0 Å². The molecule has 0 saturated heterocycles. The molecule has 1 aromatic heterocycles. The van der Waals surface area contributed by atoms with Gasteiger partial charge in [0.1, 0.15) is 5.82 Å². The average molecular weight is 262 g/mol. The van der Waals surface area contributed by atoms with E-state index in [1.807, 2.05) is 25.3 Å². The van der Waals surface area contributed by atoms with Crippen molar-refractivity contribution in [1.82, 2.24) is 9.55 Å². The van der Waals surface area contributed by atoms with Gasteiger partial charge in [0.2, 0.25) is 0 Å². The van der Waals surface area contributed by atoms with Crippen LogP contribution in [0.1, 0.15) is 36.1 Å². The molecule has 5 heteroatoms. The van der Waals surface area contributed by atoms with Crippen molar-refractivity contribution in [3.05, 3.63) is 29.6 Å². The summed E-state index contributed by atoms with van der Waals surface area (Å²) in [6.07, 6.45) is 0. The predicted octanol–water partition coefficient (Wildman–Crippen LogP) is 2.23. The summed E-state index contributed by atoms with van der Waals surface area (Å²) in [5.41, 5.74) is 1.82. The van der Waals surface area contributed by atoms with Gasteiger partial charge in [-0.2, -0.15) is 0 Å². The fraction of sp³-hybridized carbons (Fsp3) is 0.429. The average Bonchev–Trinajstić information content (AvgIpc) is 2.71. The van der Waals surface area contributed by atoms with Crippen molar-refractivity contribution >= 4 is 17.0 Å². The summed E-state index contributed by atoms with van der Waals surface area (Å²) in [6.45, 7) is 5.93. The van der Waals surface area contributed by atoms with Gasteiger partial charge in [0, 0.05) is 12.6 Å². The SMILES string of the molecule is Cc1nc2ccc(C(=O)O)cc2n1C(C)C(C)CO. The number of benzene rings is 1. The number of aromatic carboxylic acids is 1. The lowest BCUT2D eigenvalue weighted by Crippen LogP contribution is -2.18. The molecule has 1 heterocycles. The van der Waals surface area contributed by atoms with Crippen LogP contribution in [0, 0.1) is 12.8 Å². The highest BCUT2D eigenvalue weighted by Gasteiger charge is 2.19. The number of nitrogens with zero attached hydrogens (tertiary/aromatic N) is 2. The monoisotopic (exact) mass is 262 g/mol. The number of rotatable bonds is 4. The molecule has 1 aromatic carbocycles. The third kappa shape index (κ3) is 2.33. The molecule has 19 heavy (non-hydrogen) atoms. The molecule has 0 aliphatic heterocycles. The highest BCUT2D eigenvalue weighted by molar-refractivity contribution is 5.92. The molecule has 0 fully saturated rings. The number of aliphatic hydroxyl groups excluding tert-OH is 1. The van der Waals surface area contributed by atoms with Gasteiger partial charge in [-0.15, -0.1) is 0 Å². The van der Waals surface area contributed by atoms with Crippen molar-refractivity contribution in [2.75, 3.05) is 6.61 Å². The van der Waals surface area contributed by atoms with E-state index in [0.717, 1.165) is 16.9 Å². The Morgan fingerprint density at radius 3 is 2.68 bits per heavy atom. The van der Waals surface area contributed by atoms with E-state index in [1.54, 1.807) is 18.2 Å². The number of carboxylic acid groups (broad SMARTS) is 1. The molecule has 0 amide bonds. The van der Waals surface area contributed by atoms with Crippen LogP contribution in [0.25, 0.3) is 11.0 Å². The Morgan fingerprint density at radius 1 is 1.42 bits per heavy atom. The highest BCUT2D eigenvalue weighted by atomic mass is 16.4. The van der Waals surface area contributed by atoms with Crippen LogP contribution in [-0.4, -0.2) is 32.3 Å². The fourth-order valence-electron chi connectivity index (χ4n) is 2.27. The Balaban J connectivity index is 2.61. The highest BCUT2D eigenvalue weighted by Crippen LogP contribution is 2.26. The smallest absolute Gasteiger partial charge is 0.335 e. The van der Waals surface area contributed by atoms with Crippen LogP contribution in [0.15, 0.2) is 18.2 Å². The Bertz CT molecular complexity index is 618. The Kier molecular flexibility index (Phi) is 3.57. The molecule has 2 aromatic rings. The molecule has 0 spiro atoms. The first-order chi connectivity index (χ1) is 8.95. The van der Waals surface area contributed by atoms with Crippen LogP contribution in [0.2, 0.25) is 0 Å². The molecular weight excluding hydrogens is 244 g/mol. The molecule has 0 radical (unpaired) electrons. The summed E-state index contributed by atoms with van der Waals surface area (Å²) in [5.74, 6) is -0.0508. The summed E-state index contributed by atoms with van der Waals surface area (Å²) in [6, 6.07) is 4.97. The lowest BCUT2D eigenvalue weighted by Gasteiger charge is -2.21. The number of imidazole rings is 1. The van der Waals surface area contributed by atoms with E-state index in [-0.39, 0.29) is 24.1 Å². The molecule has 0 aliphatic carbocycles. The second-order valence-corrected chi connectivity index (χ2v) is 4.94. The summed E-state index contributed by atoms with van der Waals surface area (Å²) < 4.78 is 1.99. The molecule has 2 atom stereocenters. The second-order valence-electron chi connectivity index (χ2n) is 4.94. The van der Waals surface area contributed by atoms with E-state index < -0.39 is 5.97 Å². The van der Waals surface area contributed by atoms with Gasteiger partial charge in [0.25, 0.3) is 0 Å². The van der Waals surface area contributed by atoms with E-state index in [1.165, 1.54) is 0 Å². The predicted molar refractivity (Wildman–Crippen MR) is 72.4 cm³/mol. The van der Waals surface area contributed by atoms with Gasteiger partial charge in [-0.1, -0.05) is 6.92 Å². The van der Waals surface area contributed by atoms with Gasteiger partial charge in [-0.3, -0.25) is 0 Å². The van der Waals surface area contributed by atoms with Crippen molar-refractivity contribution in [3.8, 4) is 0 Å². The van der Waals surface area contributed by atoms with Gasteiger partial charge in [0.15, 0.2) is 0 Å². The first kappa shape index (κ1) is 13.5. The summed E-state index contributed by atoms with van der Waals surface area (Å²) in [5, 5.41) is 18.3. The molecular formula is C14H18N2O3. The van der Waals surface area contributed by atoms with Gasteiger partial charge in [-0.25, -0.2) is 9.78 Å². The van der Waals surface area contributed by atoms with E-state index in [4.69, 9.17) is 5.11 Å². The zero-order valence-electron chi connectivity index (χ0n) is 11.3. The lowest BCUT2D eigenvalue weighted by molar-refractivity contribution is 0.0697. The molecule has 0 bridgehead atoms. The topological polar surface area (TPSA) is 75.3 Å². The summed E-state index contributed by atoms with van der Waals surface area (Å²) >= 11 is 0. The standard InChI is InChI=1S/C14H18N2O3/c1-8(7-17)9(2)16-10(3)15-12-5-4-11(14(18)19)6-13(12)16/h4-6,8-9,17H,7H2,1-3H3,(H,18,19). The van der Waals surface area contributed by atoms with Crippen molar-refractivity contribution in [1.29, 1.82) is 0 Å². The Hall–Kier alpha value is -1.88. The van der Waals surface area contributed by atoms with E-state index in [0.29, 0.717) is 0 Å². The van der Waals surface area contributed by atoms with Crippen molar-refractivity contribution in [3.63, 3.8) is 0 Å². The molecule has 2 rings (SSSR count). The van der Waals surface area contributed by atoms with Crippen LogP contribution >= 0.6 is 0 Å². The number of aliphatic hydroxyl groups is 1. The van der Waals surface area contributed by atoms with Crippen LogP contribution in [-0.2, 0) is 0 Å². The van der Waals surface area contributed by atoms with Gasteiger partial charge in [-0.05, 0) is 38.0 Å². The summed E-state index contributed by atoms with van der Waals surface area (Å²) in [7, 11) is 0. The van der Waals surface area contributed by atoms with Gasteiger partial charge >= 0.3 is 5.97 Å². The van der Waals surface area contributed by atoms with Gasteiger partial charge in [0.05, 0.1) is 16.6 Å². The van der Waals surface area contributed by atoms with E-state index >= 15 is 0 Å². The van der Waals surface area contributed by atoms with Crippen LogP contribution in [0.5, 0.6) is 0 Å². The summed E-state index contributed by atoms with van der Waals surface area (Å²) in [4.78, 5) is 15.5. The number of hydrogen-bond donors (Lipinski definition) is 2. The maximum absolute atomic E-state index is 11.1. The van der Waals surface area contributed by atoms with Crippen molar-refractivity contribution < 1.29 is 15.0 Å². The number of fused-ring (bicyclic) bond motifs is 1. The molecule has 2 unspecified atom stereocenters. The first-order valence-corrected chi connectivity index (χ1v) is 6.28. The maximum atomic E-state index is 11.1. The molecule has 0 aliphatic rings. The van der Waals surface area contributed by atoms with Crippen molar-refractivity contribution in [2.45, 2.75) is 26.8 Å². The minimum absolute atomic E-state index is 0.0547. The number of carbonyl (C=O) groups is 1. The fourth-order valence-corrected chi connectivity index (χ4v) is 2.27. The molecule has 2 N–H and O–H groups in total. The van der Waals surface area contributed by atoms with Crippen molar-refractivity contribution in [2.24, 2.45) is 5.92 Å². The molecule has 102 valence electrons. The van der Waals surface area contributed by atoms with Gasteiger partial charge < -0.3 is 14.8 Å². The second kappa shape index (κ2) is 5.01. The Morgan fingerprint density at radius 2 is 2.11 bits per heavy atom. The zero-order chi connectivity index (χ0) is 14.2. The third-order valence-corrected chi connectivity index (χ3v) is 3.63. The first-order valence-electron chi connectivity index (χ1n) is 6.28. The molecule has 5 nitrogen and oxygen atoms in total. The lowest BCUT2D eigenvalue weighted by atomic mass is 10.0. The largest absolute Gasteiger partial charge is 0.478 e. The zero-order valence-corrected chi connectivity index (χ0v) is 11.3. The normalized spacial score (nSPS) is 14.5. The minimum atomic E-state index is -0.949. The Labute approximate surface area is 111 Å². The van der Waals surface area contributed by atoms with Crippen LogP contribution in [0.3, 0.4) is 0 Å². The van der Waals surface area contributed by atoms with E-state index in [2.05, 4.69) is 4.98 Å². The number of hydrogen-bond acceptors (Lipinski definition) is 3. The minimum Gasteiger partial charge on any atom is -0.478 e. The number of aromatic nitrogens is 2. The quantitative estimate of drug-likeness (QED) is 0.886. The third-order valence-electron chi connectivity index (χ3n) is 3.63. The molecule has 0 saturated carbocycles. The van der Waals surface area contributed by atoms with E-state index in [9.17, 15) is 9.90 Å².